The van der Waals surface area contributed by atoms with Crippen LogP contribution in [0.25, 0.3) is 10.9 Å². The van der Waals surface area contributed by atoms with Crippen molar-refractivity contribution in [3.05, 3.63) is 89.9 Å². The summed E-state index contributed by atoms with van der Waals surface area (Å²) in [5.41, 5.74) is 7.38. The van der Waals surface area contributed by atoms with Crippen molar-refractivity contribution in [1.82, 2.24) is 25.1 Å². The fourth-order valence-electron chi connectivity index (χ4n) is 5.19. The normalized spacial score (nSPS) is 17.2. The predicted molar refractivity (Wildman–Crippen MR) is 150 cm³/mol. The Morgan fingerprint density at radius 2 is 1.88 bits per heavy atom. The molecule has 0 spiro atoms. The fraction of sp³-hybridized carbons (Fsp3) is 0.241. The number of carbonyl (C=O) groups excluding carboxylic acids is 4. The minimum absolute atomic E-state index is 0.0138. The van der Waals surface area contributed by atoms with E-state index >= 15 is 0 Å². The minimum Gasteiger partial charge on any atom is -0.368 e. The molecule has 218 valence electrons. The molecule has 0 aliphatic carbocycles. The molecule has 42 heavy (non-hydrogen) atoms. The molecule has 0 saturated carbocycles. The second kappa shape index (κ2) is 11.7. The number of nitrogens with zero attached hydrogens (tertiary/aromatic N) is 2. The predicted octanol–water partition coefficient (Wildman–Crippen LogP) is 2.40. The number of benzene rings is 2. The maximum absolute atomic E-state index is 14.0. The lowest BCUT2D eigenvalue weighted by molar-refractivity contribution is -0.129. The van der Waals surface area contributed by atoms with Crippen molar-refractivity contribution in [1.29, 1.82) is 0 Å². The van der Waals surface area contributed by atoms with Gasteiger partial charge in [-0.15, -0.1) is 0 Å². The monoisotopic (exact) mass is 577 g/mol. The number of halogens is 2. The van der Waals surface area contributed by atoms with Crippen molar-refractivity contribution in [2.24, 2.45) is 12.8 Å². The number of likely N-dealkylation sites (tertiary alicyclic amines) is 1. The molecule has 1 aliphatic heterocycles. The number of nitrogens with two attached hydrogens (primary N) is 1. The number of anilines is 1. The van der Waals surface area contributed by atoms with Crippen LogP contribution in [0.4, 0.5) is 19.3 Å². The van der Waals surface area contributed by atoms with Gasteiger partial charge in [-0.25, -0.2) is 13.6 Å². The van der Waals surface area contributed by atoms with E-state index in [1.54, 1.807) is 36.1 Å². The number of primary amides is 1. The van der Waals surface area contributed by atoms with Gasteiger partial charge in [0.25, 0.3) is 5.91 Å². The van der Waals surface area contributed by atoms with E-state index in [4.69, 9.17) is 5.73 Å². The highest BCUT2D eigenvalue weighted by Gasteiger charge is 2.42. The minimum atomic E-state index is -1.07. The smallest absolute Gasteiger partial charge is 0.319 e. The Hall–Kier alpha value is -5.20. The molecule has 5 rings (SSSR count). The van der Waals surface area contributed by atoms with Crippen molar-refractivity contribution < 1.29 is 28.0 Å². The number of para-hydroxylation sites is 1. The molecule has 1 aliphatic rings. The van der Waals surface area contributed by atoms with E-state index in [9.17, 15) is 28.0 Å². The molecule has 3 atom stereocenters. The number of amides is 5. The molecule has 6 N–H and O–H groups in total. The van der Waals surface area contributed by atoms with Gasteiger partial charge in [0.15, 0.2) is 0 Å². The van der Waals surface area contributed by atoms with Crippen LogP contribution in [0.2, 0.25) is 0 Å². The molecule has 0 bridgehead atoms. The lowest BCUT2D eigenvalue weighted by Crippen LogP contribution is -2.53. The fourth-order valence-corrected chi connectivity index (χ4v) is 5.19. The third-order valence-corrected chi connectivity index (χ3v) is 7.30. The first kappa shape index (κ1) is 28.3. The average molecular weight is 578 g/mol. The van der Waals surface area contributed by atoms with E-state index in [1.165, 1.54) is 4.90 Å². The highest BCUT2D eigenvalue weighted by atomic mass is 19.1. The molecule has 3 unspecified atom stereocenters. The number of aromatic nitrogens is 2. The Labute approximate surface area is 239 Å². The lowest BCUT2D eigenvalue weighted by atomic mass is 10.0. The second-order valence-corrected chi connectivity index (χ2v) is 10.2. The van der Waals surface area contributed by atoms with Crippen LogP contribution in [0.5, 0.6) is 0 Å². The van der Waals surface area contributed by atoms with E-state index in [-0.39, 0.29) is 25.1 Å². The van der Waals surface area contributed by atoms with Crippen LogP contribution in [0, 0.1) is 11.6 Å². The lowest BCUT2D eigenvalue weighted by Gasteiger charge is -2.25. The van der Waals surface area contributed by atoms with Gasteiger partial charge in [-0.1, -0.05) is 18.2 Å². The quantitative estimate of drug-likeness (QED) is 0.218. The van der Waals surface area contributed by atoms with Gasteiger partial charge in [0.2, 0.25) is 11.8 Å². The van der Waals surface area contributed by atoms with Crippen LogP contribution in [-0.4, -0.2) is 62.9 Å². The molecular weight excluding hydrogens is 548 g/mol. The van der Waals surface area contributed by atoms with Crippen molar-refractivity contribution in [3.8, 4) is 0 Å². The van der Waals surface area contributed by atoms with Crippen LogP contribution in [0.15, 0.2) is 67.0 Å². The van der Waals surface area contributed by atoms with E-state index in [0.29, 0.717) is 11.8 Å². The Balaban J connectivity index is 1.33. The number of aryl methyl sites for hydroxylation is 1. The van der Waals surface area contributed by atoms with E-state index in [0.717, 1.165) is 28.6 Å². The van der Waals surface area contributed by atoms with Gasteiger partial charge >= 0.3 is 6.03 Å². The summed E-state index contributed by atoms with van der Waals surface area (Å²) >= 11 is 0. The first-order valence-electron chi connectivity index (χ1n) is 13.2. The van der Waals surface area contributed by atoms with Gasteiger partial charge in [-0.05, 0) is 42.3 Å². The van der Waals surface area contributed by atoms with E-state index < -0.39 is 53.5 Å². The summed E-state index contributed by atoms with van der Waals surface area (Å²) in [6.45, 7) is -0.0366. The number of aromatic amines is 1. The van der Waals surface area contributed by atoms with Crippen molar-refractivity contribution >= 4 is 40.3 Å². The molecular formula is C29H29F2N7O4. The summed E-state index contributed by atoms with van der Waals surface area (Å²) in [6, 6.07) is 9.88. The van der Waals surface area contributed by atoms with Gasteiger partial charge in [0.05, 0.1) is 11.7 Å². The average Bonchev–Trinajstić information content (AvgIpc) is 3.68. The summed E-state index contributed by atoms with van der Waals surface area (Å²) in [4.78, 5) is 56.5. The second-order valence-electron chi connectivity index (χ2n) is 10.2. The van der Waals surface area contributed by atoms with Crippen LogP contribution >= 0.6 is 0 Å². The van der Waals surface area contributed by atoms with E-state index in [2.05, 4.69) is 20.9 Å². The maximum atomic E-state index is 14.0. The van der Waals surface area contributed by atoms with Crippen molar-refractivity contribution in [3.63, 3.8) is 0 Å². The summed E-state index contributed by atoms with van der Waals surface area (Å²) in [6.07, 6.45) is 3.57. The third kappa shape index (κ3) is 5.94. The molecule has 1 saturated heterocycles. The molecule has 13 heteroatoms. The number of hydrogen-bond donors (Lipinski definition) is 5. The van der Waals surface area contributed by atoms with Crippen molar-refractivity contribution in [2.45, 2.75) is 31.0 Å². The van der Waals surface area contributed by atoms with Gasteiger partial charge < -0.3 is 36.1 Å². The van der Waals surface area contributed by atoms with Crippen molar-refractivity contribution in [2.75, 3.05) is 11.9 Å². The maximum Gasteiger partial charge on any atom is 0.319 e. The molecule has 5 amide bonds. The summed E-state index contributed by atoms with van der Waals surface area (Å²) < 4.78 is 28.9. The SMILES string of the molecule is Cn1cccc1C(=O)N1CC(NC(=O)Nc2ccc(F)cc2F)CC1C(=O)NC(Cc1c[nH]c2ccccc12)C(N)=O. The van der Waals surface area contributed by atoms with Crippen LogP contribution in [0.1, 0.15) is 22.5 Å². The third-order valence-electron chi connectivity index (χ3n) is 7.30. The summed E-state index contributed by atoms with van der Waals surface area (Å²) in [7, 11) is 1.68. The Kier molecular flexibility index (Phi) is 7.91. The molecule has 3 heterocycles. The van der Waals surface area contributed by atoms with Gasteiger partial charge in [0.1, 0.15) is 29.4 Å². The van der Waals surface area contributed by atoms with Crippen LogP contribution in [-0.2, 0) is 23.1 Å². The molecule has 2 aromatic carbocycles. The number of nitrogens with one attached hydrogen (secondary N) is 4. The number of rotatable bonds is 8. The van der Waals surface area contributed by atoms with Gasteiger partial charge in [-0.2, -0.15) is 0 Å². The number of hydrogen-bond acceptors (Lipinski definition) is 4. The van der Waals surface area contributed by atoms with Crippen LogP contribution in [0.3, 0.4) is 0 Å². The highest BCUT2D eigenvalue weighted by Crippen LogP contribution is 2.23. The number of carbonyl (C=O) groups is 4. The first-order valence-corrected chi connectivity index (χ1v) is 13.2. The highest BCUT2D eigenvalue weighted by molar-refractivity contribution is 5.98. The molecule has 1 fully saturated rings. The standard InChI is InChI=1S/C29H29F2N7O4/c1-37-10-4-7-24(37)28(41)38-15-18(34-29(42)36-22-9-8-17(30)12-20(22)31)13-25(38)27(40)35-23(26(32)39)11-16-14-33-21-6-3-2-5-19(16)21/h2-10,12,14,18,23,25,33H,11,13,15H2,1H3,(H2,32,39)(H,35,40)(H2,34,36,42). The Morgan fingerprint density at radius 3 is 2.60 bits per heavy atom. The Bertz CT molecular complexity index is 1670. The largest absolute Gasteiger partial charge is 0.368 e. The topological polar surface area (TPSA) is 154 Å². The first-order chi connectivity index (χ1) is 20.1. The Morgan fingerprint density at radius 1 is 1.10 bits per heavy atom. The summed E-state index contributed by atoms with van der Waals surface area (Å²) in [5, 5.41) is 8.53. The number of urea groups is 1. The zero-order valence-corrected chi connectivity index (χ0v) is 22.6. The number of fused-ring (bicyclic) bond motifs is 1. The molecule has 11 nitrogen and oxygen atoms in total. The summed E-state index contributed by atoms with van der Waals surface area (Å²) in [5.74, 6) is -3.57. The van der Waals surface area contributed by atoms with Gasteiger partial charge in [-0.3, -0.25) is 14.4 Å². The van der Waals surface area contributed by atoms with Gasteiger partial charge in [0, 0.05) is 49.4 Å². The molecule has 2 aromatic heterocycles. The van der Waals surface area contributed by atoms with E-state index in [1.807, 2.05) is 24.3 Å². The number of H-pyrrole nitrogens is 1. The zero-order valence-electron chi connectivity index (χ0n) is 22.6. The van der Waals surface area contributed by atoms with Crippen LogP contribution < -0.4 is 21.7 Å². The molecule has 0 radical (unpaired) electrons. The zero-order chi connectivity index (χ0) is 30.0. The molecule has 4 aromatic rings.